The maximum Gasteiger partial charge on any atom is 0.0130 e. The second-order valence-corrected chi connectivity index (χ2v) is 7.24. The second-order valence-electron chi connectivity index (χ2n) is 6.09. The topological polar surface area (TPSA) is 3.24 Å². The summed E-state index contributed by atoms with van der Waals surface area (Å²) >= 11 is 2.17. The van der Waals surface area contributed by atoms with Gasteiger partial charge in [-0.2, -0.15) is 11.8 Å². The zero-order valence-corrected chi connectivity index (χ0v) is 11.4. The molecule has 2 heterocycles. The molecule has 1 nitrogen and oxygen atoms in total. The fourth-order valence-corrected chi connectivity index (χ4v) is 4.68. The summed E-state index contributed by atoms with van der Waals surface area (Å²) in [5.41, 5.74) is 0.364. The molecule has 0 aromatic rings. The van der Waals surface area contributed by atoms with Crippen LogP contribution >= 0.6 is 11.8 Å². The van der Waals surface area contributed by atoms with Gasteiger partial charge < -0.3 is 0 Å². The van der Waals surface area contributed by atoms with E-state index >= 15 is 0 Å². The number of likely N-dealkylation sites (tertiary alicyclic amines) is 1. The summed E-state index contributed by atoms with van der Waals surface area (Å²) in [6.07, 6.45) is 2.80. The molecule has 3 unspecified atom stereocenters. The number of hydrogen-bond donors (Lipinski definition) is 0. The van der Waals surface area contributed by atoms with Crippen molar-refractivity contribution in [3.05, 3.63) is 0 Å². The predicted molar refractivity (Wildman–Crippen MR) is 69.5 cm³/mol. The van der Waals surface area contributed by atoms with Crippen LogP contribution in [0.25, 0.3) is 0 Å². The third-order valence-electron chi connectivity index (χ3n) is 4.14. The van der Waals surface area contributed by atoms with Crippen LogP contribution in [0.5, 0.6) is 0 Å². The highest BCUT2D eigenvalue weighted by molar-refractivity contribution is 7.99. The predicted octanol–water partition coefficient (Wildman–Crippen LogP) is 3.25. The minimum absolute atomic E-state index is 0.364. The third-order valence-corrected chi connectivity index (χ3v) is 5.33. The van der Waals surface area contributed by atoms with Crippen LogP contribution in [-0.2, 0) is 0 Å². The van der Waals surface area contributed by atoms with Crippen molar-refractivity contribution in [2.45, 2.75) is 52.1 Å². The Morgan fingerprint density at radius 2 is 2.07 bits per heavy atom. The molecule has 0 saturated carbocycles. The van der Waals surface area contributed by atoms with Crippen molar-refractivity contribution in [1.29, 1.82) is 0 Å². The molecule has 0 bridgehead atoms. The normalized spacial score (nSPS) is 38.0. The Kier molecular flexibility index (Phi) is 3.37. The zero-order valence-electron chi connectivity index (χ0n) is 10.6. The van der Waals surface area contributed by atoms with Crippen LogP contribution in [-0.4, -0.2) is 34.5 Å². The van der Waals surface area contributed by atoms with E-state index in [1.54, 1.807) is 0 Å². The first-order valence-corrected chi connectivity index (χ1v) is 7.54. The maximum absolute atomic E-state index is 2.77. The summed E-state index contributed by atoms with van der Waals surface area (Å²) in [5.74, 6) is 4.78. The van der Waals surface area contributed by atoms with Gasteiger partial charge in [-0.05, 0) is 57.0 Å². The first kappa shape index (κ1) is 11.8. The molecule has 0 radical (unpaired) electrons. The molecule has 0 amide bonds. The molecule has 2 rings (SSSR count). The van der Waals surface area contributed by atoms with Gasteiger partial charge >= 0.3 is 0 Å². The van der Waals surface area contributed by atoms with E-state index in [1.807, 2.05) is 0 Å². The molecule has 3 atom stereocenters. The number of rotatable bonds is 1. The number of thioether (sulfide) groups is 1. The minimum Gasteiger partial charge on any atom is -0.295 e. The smallest absolute Gasteiger partial charge is 0.0130 e. The van der Waals surface area contributed by atoms with Gasteiger partial charge in [0, 0.05) is 18.1 Å². The summed E-state index contributed by atoms with van der Waals surface area (Å²) < 4.78 is 0. The van der Waals surface area contributed by atoms with Gasteiger partial charge in [0.1, 0.15) is 0 Å². The van der Waals surface area contributed by atoms with Crippen molar-refractivity contribution in [2.75, 3.05) is 18.1 Å². The van der Waals surface area contributed by atoms with E-state index in [1.165, 1.54) is 30.9 Å². The number of nitrogens with zero attached hydrogens (tertiary/aromatic N) is 1. The van der Waals surface area contributed by atoms with E-state index in [0.717, 1.165) is 17.9 Å². The molecule has 88 valence electrons. The highest BCUT2D eigenvalue weighted by Crippen LogP contribution is 2.42. The Morgan fingerprint density at radius 3 is 2.67 bits per heavy atom. The lowest BCUT2D eigenvalue weighted by Gasteiger charge is -2.38. The van der Waals surface area contributed by atoms with Crippen LogP contribution in [0.2, 0.25) is 0 Å². The summed E-state index contributed by atoms with van der Waals surface area (Å²) in [5, 5.41) is 0. The molecule has 0 N–H and O–H groups in total. The first-order valence-electron chi connectivity index (χ1n) is 6.38. The molecule has 2 heteroatoms. The fraction of sp³-hybridized carbons (Fsp3) is 1.00. The van der Waals surface area contributed by atoms with Crippen LogP contribution < -0.4 is 0 Å². The van der Waals surface area contributed by atoms with Crippen LogP contribution in [0.4, 0.5) is 0 Å². The lowest BCUT2D eigenvalue weighted by Crippen LogP contribution is -2.45. The summed E-state index contributed by atoms with van der Waals surface area (Å²) in [7, 11) is 0. The van der Waals surface area contributed by atoms with Crippen LogP contribution in [0.15, 0.2) is 0 Å². The Bertz CT molecular complexity index is 221. The van der Waals surface area contributed by atoms with Crippen molar-refractivity contribution in [2.24, 2.45) is 11.8 Å². The highest BCUT2D eigenvalue weighted by Gasteiger charge is 2.45. The zero-order chi connectivity index (χ0) is 11.1. The standard InChI is InChI=1S/C13H25NS/c1-5-12-11-6-7-15-9-10(11)8-14(12)13(2,3)4/h10-12H,5-9H2,1-4H3. The van der Waals surface area contributed by atoms with Gasteiger partial charge in [-0.3, -0.25) is 4.90 Å². The van der Waals surface area contributed by atoms with Gasteiger partial charge in [0.15, 0.2) is 0 Å². The SMILES string of the molecule is CCC1C2CCSCC2CN1C(C)(C)C. The molecule has 2 aliphatic rings. The van der Waals surface area contributed by atoms with Crippen molar-refractivity contribution in [3.63, 3.8) is 0 Å². The Labute approximate surface area is 99.0 Å². The summed E-state index contributed by atoms with van der Waals surface area (Å²) in [6.45, 7) is 10.8. The molecule has 0 aromatic heterocycles. The molecule has 2 fully saturated rings. The summed E-state index contributed by atoms with van der Waals surface area (Å²) in [4.78, 5) is 2.77. The Hall–Kier alpha value is 0.310. The molecule has 0 aromatic carbocycles. The van der Waals surface area contributed by atoms with Crippen LogP contribution in [0, 0.1) is 11.8 Å². The van der Waals surface area contributed by atoms with Gasteiger partial charge in [-0.15, -0.1) is 0 Å². The van der Waals surface area contributed by atoms with E-state index in [4.69, 9.17) is 0 Å². The Morgan fingerprint density at radius 1 is 1.33 bits per heavy atom. The second kappa shape index (κ2) is 4.29. The third kappa shape index (κ3) is 2.21. The van der Waals surface area contributed by atoms with Crippen molar-refractivity contribution >= 4 is 11.8 Å². The largest absolute Gasteiger partial charge is 0.295 e. The molecule has 0 aliphatic carbocycles. The molecular formula is C13H25NS. The number of fused-ring (bicyclic) bond motifs is 1. The van der Waals surface area contributed by atoms with Gasteiger partial charge in [0.2, 0.25) is 0 Å². The van der Waals surface area contributed by atoms with Crippen LogP contribution in [0.1, 0.15) is 40.5 Å². The molecule has 2 aliphatic heterocycles. The minimum atomic E-state index is 0.364. The van der Waals surface area contributed by atoms with Gasteiger partial charge in [-0.25, -0.2) is 0 Å². The van der Waals surface area contributed by atoms with E-state index in [-0.39, 0.29) is 0 Å². The van der Waals surface area contributed by atoms with E-state index in [0.29, 0.717) is 5.54 Å². The lowest BCUT2D eigenvalue weighted by atomic mass is 9.87. The molecule has 0 spiro atoms. The van der Waals surface area contributed by atoms with Crippen molar-refractivity contribution in [1.82, 2.24) is 4.90 Å². The van der Waals surface area contributed by atoms with Crippen LogP contribution in [0.3, 0.4) is 0 Å². The van der Waals surface area contributed by atoms with Gasteiger partial charge in [0.25, 0.3) is 0 Å². The summed E-state index contributed by atoms with van der Waals surface area (Å²) in [6, 6.07) is 0.857. The monoisotopic (exact) mass is 227 g/mol. The van der Waals surface area contributed by atoms with E-state index in [9.17, 15) is 0 Å². The van der Waals surface area contributed by atoms with Crippen molar-refractivity contribution in [3.8, 4) is 0 Å². The maximum atomic E-state index is 2.77. The van der Waals surface area contributed by atoms with E-state index < -0.39 is 0 Å². The average molecular weight is 227 g/mol. The molecular weight excluding hydrogens is 202 g/mol. The molecule has 15 heavy (non-hydrogen) atoms. The molecule has 2 saturated heterocycles. The van der Waals surface area contributed by atoms with Crippen molar-refractivity contribution < 1.29 is 0 Å². The lowest BCUT2D eigenvalue weighted by molar-refractivity contribution is 0.104. The van der Waals surface area contributed by atoms with Gasteiger partial charge in [0.05, 0.1) is 0 Å². The van der Waals surface area contributed by atoms with E-state index in [2.05, 4.69) is 44.4 Å². The van der Waals surface area contributed by atoms with Gasteiger partial charge in [-0.1, -0.05) is 6.92 Å². The first-order chi connectivity index (χ1) is 7.04. The number of hydrogen-bond acceptors (Lipinski definition) is 2. The fourth-order valence-electron chi connectivity index (χ4n) is 3.42. The Balaban J connectivity index is 2.14. The average Bonchev–Trinajstić information content (AvgIpc) is 2.55. The highest BCUT2D eigenvalue weighted by atomic mass is 32.2. The quantitative estimate of drug-likeness (QED) is 0.676.